The van der Waals surface area contributed by atoms with E-state index < -0.39 is 0 Å². The van der Waals surface area contributed by atoms with Crippen LogP contribution >= 0.6 is 11.3 Å². The monoisotopic (exact) mass is 500 g/mol. The number of rotatable bonds is 5. The third-order valence-electron chi connectivity index (χ3n) is 7.26. The minimum atomic E-state index is -0.337. The Hall–Kier alpha value is -3.74. The van der Waals surface area contributed by atoms with Crippen molar-refractivity contribution >= 4 is 38.6 Å². The fraction of sp³-hybridized carbons (Fsp3) is 0.296. The molecule has 36 heavy (non-hydrogen) atoms. The van der Waals surface area contributed by atoms with Gasteiger partial charge in [-0.15, -0.1) is 0 Å². The quantitative estimate of drug-likeness (QED) is 0.436. The molecular formula is C27H25FN6OS. The zero-order valence-electron chi connectivity index (χ0n) is 20.0. The number of benzene rings is 2. The second-order valence-corrected chi connectivity index (χ2v) is 10.3. The van der Waals surface area contributed by atoms with E-state index in [4.69, 9.17) is 4.98 Å². The number of halogens is 1. The van der Waals surface area contributed by atoms with Crippen LogP contribution in [0.3, 0.4) is 0 Å². The Bertz CT molecular complexity index is 1570. The molecule has 2 aromatic heterocycles. The van der Waals surface area contributed by atoms with Crippen molar-refractivity contribution in [1.29, 1.82) is 5.26 Å². The summed E-state index contributed by atoms with van der Waals surface area (Å²) in [5, 5.41) is 15.5. The van der Waals surface area contributed by atoms with Crippen molar-refractivity contribution < 1.29 is 4.39 Å². The van der Waals surface area contributed by atoms with Crippen LogP contribution in [0.15, 0.2) is 53.5 Å². The highest BCUT2D eigenvalue weighted by molar-refractivity contribution is 7.16. The van der Waals surface area contributed by atoms with Crippen molar-refractivity contribution in [3.8, 4) is 17.3 Å². The lowest BCUT2D eigenvalue weighted by Gasteiger charge is -2.30. The number of fused-ring (bicyclic) bond motifs is 3. The number of nitriles is 1. The average Bonchev–Trinajstić information content (AvgIpc) is 3.65. The fourth-order valence-electron chi connectivity index (χ4n) is 5.35. The molecule has 2 aliphatic heterocycles. The molecule has 9 heteroatoms. The topological polar surface area (TPSA) is 77.2 Å². The Morgan fingerprint density at radius 2 is 2.06 bits per heavy atom. The Morgan fingerprint density at radius 3 is 2.72 bits per heavy atom. The van der Waals surface area contributed by atoms with E-state index in [1.807, 2.05) is 31.1 Å². The fourth-order valence-corrected chi connectivity index (χ4v) is 6.21. The SMILES string of the molecule is CCn1cc(N(C)c2nc(-c3ccc(F)cc3)c(C#N)s2)c2cc(N3CC4CC3CN4)ccc2c1=O. The molecule has 2 unspecified atom stereocenters. The van der Waals surface area contributed by atoms with Crippen LogP contribution in [0.5, 0.6) is 0 Å². The molecular weight excluding hydrogens is 475 g/mol. The molecule has 1 N–H and O–H groups in total. The van der Waals surface area contributed by atoms with Gasteiger partial charge < -0.3 is 19.7 Å². The average molecular weight is 501 g/mol. The van der Waals surface area contributed by atoms with Gasteiger partial charge in [0.05, 0.1) is 5.69 Å². The molecule has 2 aliphatic rings. The molecule has 2 aromatic carbocycles. The Balaban J connectivity index is 1.47. The van der Waals surface area contributed by atoms with Gasteiger partial charge in [0.2, 0.25) is 0 Å². The maximum Gasteiger partial charge on any atom is 0.258 e. The van der Waals surface area contributed by atoms with Gasteiger partial charge in [-0.05, 0) is 55.8 Å². The van der Waals surface area contributed by atoms with E-state index in [1.165, 1.54) is 23.5 Å². The number of thiazole rings is 1. The smallest absolute Gasteiger partial charge is 0.258 e. The minimum absolute atomic E-state index is 0.0235. The van der Waals surface area contributed by atoms with Crippen molar-refractivity contribution in [3.63, 3.8) is 0 Å². The van der Waals surface area contributed by atoms with Gasteiger partial charge in [-0.1, -0.05) is 11.3 Å². The lowest BCUT2D eigenvalue weighted by atomic mass is 10.1. The highest BCUT2D eigenvalue weighted by Gasteiger charge is 2.37. The first kappa shape index (κ1) is 22.7. The number of hydrogen-bond donors (Lipinski definition) is 1. The van der Waals surface area contributed by atoms with Crippen LogP contribution in [0.4, 0.5) is 20.9 Å². The van der Waals surface area contributed by atoms with E-state index in [2.05, 4.69) is 28.4 Å². The van der Waals surface area contributed by atoms with Crippen molar-refractivity contribution in [2.75, 3.05) is 29.9 Å². The predicted octanol–water partition coefficient (Wildman–Crippen LogP) is 4.47. The zero-order chi connectivity index (χ0) is 25.0. The molecule has 2 fully saturated rings. The van der Waals surface area contributed by atoms with Gasteiger partial charge >= 0.3 is 0 Å². The van der Waals surface area contributed by atoms with Crippen LogP contribution in [0, 0.1) is 17.1 Å². The third kappa shape index (κ3) is 3.65. The first-order chi connectivity index (χ1) is 17.5. The number of pyridine rings is 1. The number of aromatic nitrogens is 2. The Morgan fingerprint density at radius 1 is 1.25 bits per heavy atom. The van der Waals surface area contributed by atoms with Gasteiger partial charge in [-0.3, -0.25) is 4.79 Å². The molecule has 0 aliphatic carbocycles. The van der Waals surface area contributed by atoms with Gasteiger partial charge in [0, 0.05) is 67.0 Å². The number of nitrogens with zero attached hydrogens (tertiary/aromatic N) is 5. The largest absolute Gasteiger partial charge is 0.366 e. The van der Waals surface area contributed by atoms with Crippen LogP contribution in [0.25, 0.3) is 22.0 Å². The molecule has 182 valence electrons. The van der Waals surface area contributed by atoms with Crippen LogP contribution in [-0.4, -0.2) is 41.8 Å². The summed E-state index contributed by atoms with van der Waals surface area (Å²) in [4.78, 5) is 22.8. The molecule has 2 saturated heterocycles. The van der Waals surface area contributed by atoms with Gasteiger partial charge in [-0.25, -0.2) is 9.37 Å². The van der Waals surface area contributed by atoms with E-state index in [0.29, 0.717) is 45.3 Å². The van der Waals surface area contributed by atoms with Gasteiger partial charge in [0.25, 0.3) is 5.56 Å². The summed E-state index contributed by atoms with van der Waals surface area (Å²) in [7, 11) is 1.90. The Labute approximate surface area is 212 Å². The van der Waals surface area contributed by atoms with Crippen LogP contribution in [0.1, 0.15) is 18.2 Å². The molecule has 0 spiro atoms. The second-order valence-electron chi connectivity index (χ2n) is 9.33. The minimum Gasteiger partial charge on any atom is -0.366 e. The van der Waals surface area contributed by atoms with Crippen LogP contribution in [-0.2, 0) is 6.54 Å². The van der Waals surface area contributed by atoms with Crippen molar-refractivity contribution in [2.45, 2.75) is 32.0 Å². The van der Waals surface area contributed by atoms with Crippen molar-refractivity contribution in [1.82, 2.24) is 14.9 Å². The second kappa shape index (κ2) is 8.73. The van der Waals surface area contributed by atoms with E-state index in [-0.39, 0.29) is 11.4 Å². The maximum atomic E-state index is 13.5. The maximum absolute atomic E-state index is 13.5. The zero-order valence-corrected chi connectivity index (χ0v) is 20.8. The molecule has 0 radical (unpaired) electrons. The van der Waals surface area contributed by atoms with Gasteiger partial charge in [0.15, 0.2) is 5.13 Å². The number of hydrogen-bond acceptors (Lipinski definition) is 7. The van der Waals surface area contributed by atoms with Crippen molar-refractivity contribution in [2.24, 2.45) is 0 Å². The lowest BCUT2D eigenvalue weighted by Crippen LogP contribution is -2.43. The Kier molecular flexibility index (Phi) is 5.51. The van der Waals surface area contributed by atoms with Crippen LogP contribution < -0.4 is 20.7 Å². The summed E-state index contributed by atoms with van der Waals surface area (Å²) in [5.74, 6) is -0.337. The third-order valence-corrected chi connectivity index (χ3v) is 8.30. The lowest BCUT2D eigenvalue weighted by molar-refractivity contribution is 0.580. The number of piperazine rings is 1. The van der Waals surface area contributed by atoms with Gasteiger partial charge in [0.1, 0.15) is 22.5 Å². The highest BCUT2D eigenvalue weighted by atomic mass is 32.1. The number of nitrogens with one attached hydrogen (secondary N) is 1. The molecule has 0 amide bonds. The first-order valence-electron chi connectivity index (χ1n) is 12.0. The van der Waals surface area contributed by atoms with Gasteiger partial charge in [-0.2, -0.15) is 5.26 Å². The molecule has 0 saturated carbocycles. The summed E-state index contributed by atoms with van der Waals surface area (Å²) < 4.78 is 15.2. The standard InChI is InChI=1S/C27H25FN6OS/c1-3-33-15-23(32(2)27-31-25(24(12-29)36-27)16-4-6-17(28)7-5-16)22-11-19(8-9-21(22)26(33)35)34-14-18-10-20(34)13-30-18/h4-9,11,15,18,20,30H,3,10,13-14H2,1-2H3. The molecule has 4 aromatic rings. The van der Waals surface area contributed by atoms with Crippen LogP contribution in [0.2, 0.25) is 0 Å². The molecule has 2 atom stereocenters. The summed E-state index contributed by atoms with van der Waals surface area (Å²) in [6, 6.07) is 15.3. The number of anilines is 3. The molecule has 6 rings (SSSR count). The van der Waals surface area contributed by atoms with Crippen molar-refractivity contribution in [3.05, 3.63) is 69.7 Å². The summed E-state index contributed by atoms with van der Waals surface area (Å²) in [5.41, 5.74) is 3.15. The van der Waals surface area contributed by atoms with E-state index in [1.54, 1.807) is 16.7 Å². The summed E-state index contributed by atoms with van der Waals surface area (Å²) in [6.07, 6.45) is 3.02. The highest BCUT2D eigenvalue weighted by Crippen LogP contribution is 2.39. The predicted molar refractivity (Wildman–Crippen MR) is 142 cm³/mol. The van der Waals surface area contributed by atoms with E-state index in [0.717, 1.165) is 36.3 Å². The summed E-state index contributed by atoms with van der Waals surface area (Å²) in [6.45, 7) is 4.44. The molecule has 4 heterocycles. The van der Waals surface area contributed by atoms with E-state index >= 15 is 0 Å². The van der Waals surface area contributed by atoms with E-state index in [9.17, 15) is 14.4 Å². The molecule has 7 nitrogen and oxygen atoms in total. The molecule has 2 bridgehead atoms. The first-order valence-corrected chi connectivity index (χ1v) is 12.9. The normalized spacial score (nSPS) is 18.7. The summed E-state index contributed by atoms with van der Waals surface area (Å²) >= 11 is 1.28. The number of aryl methyl sites for hydroxylation is 1.